The summed E-state index contributed by atoms with van der Waals surface area (Å²) in [5, 5.41) is 13.1. The maximum Gasteiger partial charge on any atom is 0.324 e. The molecule has 1 fully saturated rings. The highest BCUT2D eigenvalue weighted by Crippen LogP contribution is 2.47. The van der Waals surface area contributed by atoms with E-state index in [9.17, 15) is 9.90 Å². The van der Waals surface area contributed by atoms with Crippen LogP contribution in [0, 0.1) is 24.2 Å². The molecule has 1 aromatic carbocycles. The molecular formula is C17H19NO2. The van der Waals surface area contributed by atoms with Gasteiger partial charge in [-0.2, -0.15) is 0 Å². The van der Waals surface area contributed by atoms with Gasteiger partial charge >= 0.3 is 5.97 Å². The van der Waals surface area contributed by atoms with Crippen LogP contribution in [-0.2, 0) is 17.6 Å². The molecule has 1 saturated carbocycles. The average molecular weight is 269 g/mol. The summed E-state index contributed by atoms with van der Waals surface area (Å²) in [4.78, 5) is 12.0. The molecule has 2 aliphatic carbocycles. The Morgan fingerprint density at radius 3 is 2.30 bits per heavy atom. The molecule has 0 aliphatic heterocycles. The largest absolute Gasteiger partial charge is 0.480 e. The lowest BCUT2D eigenvalue weighted by Gasteiger charge is -2.35. The van der Waals surface area contributed by atoms with Gasteiger partial charge in [-0.3, -0.25) is 10.1 Å². The van der Waals surface area contributed by atoms with Crippen LogP contribution in [0.4, 0.5) is 0 Å². The van der Waals surface area contributed by atoms with Crippen molar-refractivity contribution in [3.63, 3.8) is 0 Å². The maximum atomic E-state index is 12.0. The molecule has 3 rings (SSSR count). The molecule has 0 spiro atoms. The van der Waals surface area contributed by atoms with Gasteiger partial charge in [-0.15, -0.1) is 6.42 Å². The van der Waals surface area contributed by atoms with Crippen LogP contribution in [-0.4, -0.2) is 23.2 Å². The van der Waals surface area contributed by atoms with Gasteiger partial charge in [0.15, 0.2) is 0 Å². The highest BCUT2D eigenvalue weighted by atomic mass is 16.4. The Morgan fingerprint density at radius 2 is 1.85 bits per heavy atom. The van der Waals surface area contributed by atoms with Crippen molar-refractivity contribution in [3.8, 4) is 12.3 Å². The molecule has 2 aliphatic rings. The van der Waals surface area contributed by atoms with E-state index >= 15 is 0 Å². The number of aliphatic carboxylic acids is 1. The molecule has 0 radical (unpaired) electrons. The summed E-state index contributed by atoms with van der Waals surface area (Å²) < 4.78 is 0. The molecule has 1 aromatic rings. The summed E-state index contributed by atoms with van der Waals surface area (Å²) in [6.07, 6.45) is 8.92. The molecule has 2 unspecified atom stereocenters. The van der Waals surface area contributed by atoms with Crippen LogP contribution in [0.15, 0.2) is 24.3 Å². The van der Waals surface area contributed by atoms with Gasteiger partial charge in [-0.05, 0) is 48.6 Å². The number of carboxylic acids is 1. The molecule has 3 heteroatoms. The molecule has 0 amide bonds. The summed E-state index contributed by atoms with van der Waals surface area (Å²) in [6, 6.07) is 8.33. The zero-order valence-corrected chi connectivity index (χ0v) is 11.4. The van der Waals surface area contributed by atoms with Crippen LogP contribution in [0.1, 0.15) is 24.0 Å². The molecule has 0 heterocycles. The summed E-state index contributed by atoms with van der Waals surface area (Å²) in [5.74, 6) is 2.04. The molecule has 104 valence electrons. The van der Waals surface area contributed by atoms with Crippen molar-refractivity contribution in [1.82, 2.24) is 5.32 Å². The van der Waals surface area contributed by atoms with Gasteiger partial charge in [0, 0.05) is 0 Å². The Morgan fingerprint density at radius 1 is 1.30 bits per heavy atom. The van der Waals surface area contributed by atoms with Crippen LogP contribution >= 0.6 is 0 Å². The zero-order chi connectivity index (χ0) is 14.2. The third kappa shape index (κ3) is 1.83. The van der Waals surface area contributed by atoms with E-state index in [1.165, 1.54) is 11.1 Å². The van der Waals surface area contributed by atoms with Gasteiger partial charge < -0.3 is 5.11 Å². The number of benzene rings is 1. The number of carbonyl (C=O) groups is 1. The SMILES string of the molecule is C#CCNC1(C(=O)O)C2CCC1Cc1ccccc1C2. The minimum absolute atomic E-state index is 0.127. The highest BCUT2D eigenvalue weighted by Gasteiger charge is 2.56. The second kappa shape index (κ2) is 4.96. The van der Waals surface area contributed by atoms with Crippen LogP contribution in [0.5, 0.6) is 0 Å². The van der Waals surface area contributed by atoms with Crippen molar-refractivity contribution in [2.24, 2.45) is 11.8 Å². The zero-order valence-electron chi connectivity index (χ0n) is 11.4. The Bertz CT molecular complexity index is 540. The smallest absolute Gasteiger partial charge is 0.324 e. The molecular weight excluding hydrogens is 250 g/mol. The van der Waals surface area contributed by atoms with Gasteiger partial charge in [-0.1, -0.05) is 30.2 Å². The van der Waals surface area contributed by atoms with E-state index in [0.29, 0.717) is 6.54 Å². The molecule has 20 heavy (non-hydrogen) atoms. The third-order valence-electron chi connectivity index (χ3n) is 5.04. The first-order chi connectivity index (χ1) is 9.68. The Kier molecular flexibility index (Phi) is 3.27. The van der Waals surface area contributed by atoms with Crippen molar-refractivity contribution in [3.05, 3.63) is 35.4 Å². The predicted octanol–water partition coefficient (Wildman–Crippen LogP) is 1.86. The van der Waals surface area contributed by atoms with Gasteiger partial charge in [0.05, 0.1) is 6.54 Å². The summed E-state index contributed by atoms with van der Waals surface area (Å²) >= 11 is 0. The van der Waals surface area contributed by atoms with E-state index in [-0.39, 0.29) is 11.8 Å². The molecule has 2 atom stereocenters. The molecule has 3 nitrogen and oxygen atoms in total. The van der Waals surface area contributed by atoms with Gasteiger partial charge in [0.25, 0.3) is 0 Å². The van der Waals surface area contributed by atoms with Crippen LogP contribution in [0.2, 0.25) is 0 Å². The first-order valence-corrected chi connectivity index (χ1v) is 7.17. The molecule has 0 saturated heterocycles. The molecule has 0 aromatic heterocycles. The lowest BCUT2D eigenvalue weighted by molar-refractivity contribution is -0.148. The Labute approximate surface area is 119 Å². The predicted molar refractivity (Wildman–Crippen MR) is 77.3 cm³/mol. The number of hydrogen-bond acceptors (Lipinski definition) is 2. The lowest BCUT2D eigenvalue weighted by Crippen LogP contribution is -2.59. The van der Waals surface area contributed by atoms with E-state index in [1.807, 2.05) is 12.1 Å². The number of carboxylic acid groups (broad SMARTS) is 1. The monoisotopic (exact) mass is 269 g/mol. The summed E-state index contributed by atoms with van der Waals surface area (Å²) in [6.45, 7) is 0.315. The van der Waals surface area contributed by atoms with Crippen molar-refractivity contribution < 1.29 is 9.90 Å². The topological polar surface area (TPSA) is 49.3 Å². The second-order valence-corrected chi connectivity index (χ2v) is 5.88. The van der Waals surface area contributed by atoms with E-state index in [1.54, 1.807) is 0 Å². The number of nitrogens with one attached hydrogen (secondary N) is 1. The van der Waals surface area contributed by atoms with E-state index in [0.717, 1.165) is 25.7 Å². The van der Waals surface area contributed by atoms with Gasteiger partial charge in [-0.25, -0.2) is 0 Å². The van der Waals surface area contributed by atoms with Crippen LogP contribution < -0.4 is 5.32 Å². The molecule has 2 N–H and O–H groups in total. The first-order valence-electron chi connectivity index (χ1n) is 7.17. The third-order valence-corrected chi connectivity index (χ3v) is 5.04. The minimum Gasteiger partial charge on any atom is -0.480 e. The quantitative estimate of drug-likeness (QED) is 0.823. The number of rotatable bonds is 3. The number of terminal acetylenes is 1. The van der Waals surface area contributed by atoms with E-state index < -0.39 is 11.5 Å². The van der Waals surface area contributed by atoms with Crippen molar-refractivity contribution in [1.29, 1.82) is 0 Å². The van der Waals surface area contributed by atoms with Gasteiger partial charge in [0.1, 0.15) is 5.54 Å². The lowest BCUT2D eigenvalue weighted by atomic mass is 9.78. The maximum absolute atomic E-state index is 12.0. The second-order valence-electron chi connectivity index (χ2n) is 5.88. The first kappa shape index (κ1) is 13.2. The fraction of sp³-hybridized carbons (Fsp3) is 0.471. The Balaban J connectivity index is 2.02. The van der Waals surface area contributed by atoms with E-state index in [2.05, 4.69) is 23.4 Å². The van der Waals surface area contributed by atoms with Crippen molar-refractivity contribution in [2.45, 2.75) is 31.2 Å². The Hall–Kier alpha value is -1.79. The normalized spacial score (nSPS) is 31.1. The van der Waals surface area contributed by atoms with Crippen molar-refractivity contribution >= 4 is 5.97 Å². The fourth-order valence-electron chi connectivity index (χ4n) is 4.11. The summed E-state index contributed by atoms with van der Waals surface area (Å²) in [7, 11) is 0. The summed E-state index contributed by atoms with van der Waals surface area (Å²) in [5.41, 5.74) is 1.74. The minimum atomic E-state index is -0.856. The van der Waals surface area contributed by atoms with Crippen LogP contribution in [0.3, 0.4) is 0 Å². The highest BCUT2D eigenvalue weighted by molar-refractivity contribution is 5.81. The number of fused-ring (bicyclic) bond motifs is 3. The fourth-order valence-corrected chi connectivity index (χ4v) is 4.11. The van der Waals surface area contributed by atoms with Gasteiger partial charge in [0.2, 0.25) is 0 Å². The van der Waals surface area contributed by atoms with E-state index in [4.69, 9.17) is 6.42 Å². The standard InChI is InChI=1S/C17H19NO2/c1-2-9-18-17(16(19)20)14-7-8-15(17)11-13-6-4-3-5-12(13)10-14/h1,3-6,14-15,18H,7-11H2,(H,19,20). The molecule has 2 bridgehead atoms. The van der Waals surface area contributed by atoms with Crippen LogP contribution in [0.25, 0.3) is 0 Å². The van der Waals surface area contributed by atoms with Crippen molar-refractivity contribution in [2.75, 3.05) is 6.54 Å². The number of hydrogen-bond donors (Lipinski definition) is 2. The average Bonchev–Trinajstić information content (AvgIpc) is 2.68.